The monoisotopic (exact) mass is 387 g/mol. The van der Waals surface area contributed by atoms with Gasteiger partial charge in [0.05, 0.1) is 11.4 Å². The summed E-state index contributed by atoms with van der Waals surface area (Å²) in [7, 11) is -3.47. The van der Waals surface area contributed by atoms with Crippen molar-refractivity contribution in [3.8, 4) is 0 Å². The fraction of sp³-hybridized carbons (Fsp3) is 0.350. The van der Waals surface area contributed by atoms with Crippen molar-refractivity contribution in [2.75, 3.05) is 36.4 Å². The van der Waals surface area contributed by atoms with Crippen LogP contribution in [0, 0.1) is 0 Å². The first-order valence-corrected chi connectivity index (χ1v) is 10.6. The molecule has 0 bridgehead atoms. The van der Waals surface area contributed by atoms with Crippen molar-refractivity contribution >= 4 is 27.3 Å². The van der Waals surface area contributed by atoms with Crippen molar-refractivity contribution in [1.29, 1.82) is 0 Å². The molecule has 0 radical (unpaired) electrons. The van der Waals surface area contributed by atoms with Crippen LogP contribution in [0.1, 0.15) is 19.4 Å². The van der Waals surface area contributed by atoms with E-state index in [1.807, 2.05) is 38.1 Å². The van der Waals surface area contributed by atoms with Crippen molar-refractivity contribution in [1.82, 2.24) is 4.31 Å². The lowest BCUT2D eigenvalue weighted by Crippen LogP contribution is -2.34. The van der Waals surface area contributed by atoms with Gasteiger partial charge in [0.1, 0.15) is 0 Å². The summed E-state index contributed by atoms with van der Waals surface area (Å²) in [5.74, 6) is -0.000195. The molecule has 144 valence electrons. The summed E-state index contributed by atoms with van der Waals surface area (Å²) < 4.78 is 26.4. The standard InChI is InChI=1S/C20H25N3O3S/c1-3-22(4-2)27(25,26)18-11-9-17(10-12-18)21-15-20(24)23-14-13-16-7-5-6-8-19(16)23/h5-12,21H,3-4,13-15H2,1-2H3. The number of fused-ring (bicyclic) bond motifs is 1. The highest BCUT2D eigenvalue weighted by Gasteiger charge is 2.24. The predicted molar refractivity (Wildman–Crippen MR) is 108 cm³/mol. The first kappa shape index (κ1) is 19.4. The number of hydrogen-bond acceptors (Lipinski definition) is 4. The summed E-state index contributed by atoms with van der Waals surface area (Å²) in [4.78, 5) is 14.6. The highest BCUT2D eigenvalue weighted by atomic mass is 32.2. The predicted octanol–water partition coefficient (Wildman–Crippen LogP) is 2.72. The lowest BCUT2D eigenvalue weighted by molar-refractivity contribution is -0.116. The van der Waals surface area contributed by atoms with Gasteiger partial charge in [0.15, 0.2) is 0 Å². The van der Waals surface area contributed by atoms with E-state index in [1.165, 1.54) is 9.87 Å². The zero-order valence-corrected chi connectivity index (χ0v) is 16.5. The van der Waals surface area contributed by atoms with Gasteiger partial charge in [0.2, 0.25) is 15.9 Å². The topological polar surface area (TPSA) is 69.7 Å². The Labute approximate surface area is 160 Å². The maximum Gasteiger partial charge on any atom is 0.246 e. The molecule has 2 aromatic rings. The van der Waals surface area contributed by atoms with E-state index in [0.717, 1.165) is 12.1 Å². The third-order valence-electron chi connectivity index (χ3n) is 4.83. The zero-order valence-electron chi connectivity index (χ0n) is 15.7. The molecule has 27 heavy (non-hydrogen) atoms. The van der Waals surface area contributed by atoms with Gasteiger partial charge >= 0.3 is 0 Å². The van der Waals surface area contributed by atoms with Gasteiger partial charge in [-0.2, -0.15) is 4.31 Å². The quantitative estimate of drug-likeness (QED) is 0.793. The van der Waals surface area contributed by atoms with Gasteiger partial charge in [-0.15, -0.1) is 0 Å². The molecule has 6 nitrogen and oxygen atoms in total. The number of para-hydroxylation sites is 1. The molecule has 1 aliphatic rings. The fourth-order valence-electron chi connectivity index (χ4n) is 3.33. The SMILES string of the molecule is CCN(CC)S(=O)(=O)c1ccc(NCC(=O)N2CCc3ccccc32)cc1. The van der Waals surface area contributed by atoms with Crippen molar-refractivity contribution in [2.45, 2.75) is 25.2 Å². The third kappa shape index (κ3) is 3.99. The van der Waals surface area contributed by atoms with Crippen LogP contribution in [0.2, 0.25) is 0 Å². The van der Waals surface area contributed by atoms with E-state index in [0.29, 0.717) is 25.3 Å². The number of hydrogen-bond donors (Lipinski definition) is 1. The number of carbonyl (C=O) groups excluding carboxylic acids is 1. The third-order valence-corrected chi connectivity index (χ3v) is 6.89. The minimum Gasteiger partial charge on any atom is -0.376 e. The Hall–Kier alpha value is -2.38. The summed E-state index contributed by atoms with van der Waals surface area (Å²) in [6.45, 7) is 5.37. The number of carbonyl (C=O) groups is 1. The molecule has 1 amide bonds. The van der Waals surface area contributed by atoms with E-state index in [-0.39, 0.29) is 17.3 Å². The Morgan fingerprint density at radius 2 is 1.74 bits per heavy atom. The molecule has 2 aromatic carbocycles. The molecule has 1 N–H and O–H groups in total. The van der Waals surface area contributed by atoms with Crippen LogP contribution in [0.15, 0.2) is 53.4 Å². The molecular weight excluding hydrogens is 362 g/mol. The Bertz CT molecular complexity index is 906. The Balaban J connectivity index is 1.63. The van der Waals surface area contributed by atoms with Crippen LogP contribution in [0.5, 0.6) is 0 Å². The van der Waals surface area contributed by atoms with Crippen molar-refractivity contribution < 1.29 is 13.2 Å². The minimum atomic E-state index is -3.47. The summed E-state index contributed by atoms with van der Waals surface area (Å²) >= 11 is 0. The lowest BCUT2D eigenvalue weighted by Gasteiger charge is -2.19. The summed E-state index contributed by atoms with van der Waals surface area (Å²) in [5.41, 5.74) is 2.89. The van der Waals surface area contributed by atoms with Crippen LogP contribution in [-0.4, -0.2) is 44.8 Å². The lowest BCUT2D eigenvalue weighted by atomic mass is 10.2. The van der Waals surface area contributed by atoms with E-state index in [2.05, 4.69) is 5.32 Å². The molecule has 0 saturated carbocycles. The number of anilines is 2. The number of nitrogens with one attached hydrogen (secondary N) is 1. The molecule has 7 heteroatoms. The molecule has 0 atom stereocenters. The van der Waals surface area contributed by atoms with Crippen LogP contribution < -0.4 is 10.2 Å². The van der Waals surface area contributed by atoms with Gasteiger partial charge in [0.25, 0.3) is 0 Å². The van der Waals surface area contributed by atoms with Gasteiger partial charge < -0.3 is 10.2 Å². The average molecular weight is 388 g/mol. The molecule has 0 fully saturated rings. The van der Waals surface area contributed by atoms with Gasteiger partial charge in [-0.05, 0) is 42.3 Å². The Morgan fingerprint density at radius 3 is 2.41 bits per heavy atom. The number of benzene rings is 2. The van der Waals surface area contributed by atoms with Crippen molar-refractivity contribution in [2.24, 2.45) is 0 Å². The molecule has 0 spiro atoms. The molecule has 0 aromatic heterocycles. The number of nitrogens with zero attached hydrogens (tertiary/aromatic N) is 2. The van der Waals surface area contributed by atoms with Gasteiger partial charge in [-0.3, -0.25) is 4.79 Å². The Morgan fingerprint density at radius 1 is 1.07 bits per heavy atom. The molecule has 1 aliphatic heterocycles. The van der Waals surface area contributed by atoms with Gasteiger partial charge in [-0.1, -0.05) is 32.0 Å². The van der Waals surface area contributed by atoms with E-state index in [9.17, 15) is 13.2 Å². The maximum absolute atomic E-state index is 12.5. The van der Waals surface area contributed by atoms with Gasteiger partial charge in [-0.25, -0.2) is 8.42 Å². The normalized spacial score (nSPS) is 13.7. The van der Waals surface area contributed by atoms with Crippen LogP contribution in [0.25, 0.3) is 0 Å². The van der Waals surface area contributed by atoms with Crippen LogP contribution >= 0.6 is 0 Å². The second kappa shape index (κ2) is 8.10. The molecule has 0 unspecified atom stereocenters. The second-order valence-corrected chi connectivity index (χ2v) is 8.33. The zero-order chi connectivity index (χ0) is 19.4. The maximum atomic E-state index is 12.5. The van der Waals surface area contributed by atoms with E-state index in [4.69, 9.17) is 0 Å². The molecule has 1 heterocycles. The highest BCUT2D eigenvalue weighted by Crippen LogP contribution is 2.27. The largest absolute Gasteiger partial charge is 0.376 e. The average Bonchev–Trinajstić information content (AvgIpc) is 3.11. The van der Waals surface area contributed by atoms with E-state index < -0.39 is 10.0 Å². The number of rotatable bonds is 7. The summed E-state index contributed by atoms with van der Waals surface area (Å²) in [6, 6.07) is 14.5. The number of amides is 1. The minimum absolute atomic E-state index is 0.000195. The molecular formula is C20H25N3O3S. The number of sulfonamides is 1. The second-order valence-electron chi connectivity index (χ2n) is 6.39. The van der Waals surface area contributed by atoms with Crippen molar-refractivity contribution in [3.05, 3.63) is 54.1 Å². The Kier molecular flexibility index (Phi) is 5.82. The van der Waals surface area contributed by atoms with E-state index >= 15 is 0 Å². The van der Waals surface area contributed by atoms with E-state index in [1.54, 1.807) is 29.2 Å². The first-order chi connectivity index (χ1) is 13.0. The fourth-order valence-corrected chi connectivity index (χ4v) is 4.79. The molecule has 0 saturated heterocycles. The molecule has 0 aliphatic carbocycles. The molecule has 3 rings (SSSR count). The van der Waals surface area contributed by atoms with Crippen LogP contribution in [0.4, 0.5) is 11.4 Å². The first-order valence-electron chi connectivity index (χ1n) is 9.19. The van der Waals surface area contributed by atoms with Gasteiger partial charge in [0, 0.05) is 31.0 Å². The van der Waals surface area contributed by atoms with Crippen LogP contribution in [0.3, 0.4) is 0 Å². The van der Waals surface area contributed by atoms with Crippen molar-refractivity contribution in [3.63, 3.8) is 0 Å². The smallest absolute Gasteiger partial charge is 0.246 e. The highest BCUT2D eigenvalue weighted by molar-refractivity contribution is 7.89. The summed E-state index contributed by atoms with van der Waals surface area (Å²) in [5, 5.41) is 3.09. The summed E-state index contributed by atoms with van der Waals surface area (Å²) in [6.07, 6.45) is 0.875. The van der Waals surface area contributed by atoms with Crippen LogP contribution in [-0.2, 0) is 21.2 Å².